The lowest BCUT2D eigenvalue weighted by atomic mass is 10.2. The van der Waals surface area contributed by atoms with E-state index in [0.717, 1.165) is 29.9 Å². The van der Waals surface area contributed by atoms with Crippen molar-refractivity contribution >= 4 is 23.8 Å². The summed E-state index contributed by atoms with van der Waals surface area (Å²) in [6, 6.07) is 8.10. The Kier molecular flexibility index (Phi) is 5.92. The van der Waals surface area contributed by atoms with Crippen LogP contribution in [0.5, 0.6) is 0 Å². The van der Waals surface area contributed by atoms with Gasteiger partial charge in [-0.05, 0) is 36.3 Å². The highest BCUT2D eigenvalue weighted by molar-refractivity contribution is 7.71. The lowest BCUT2D eigenvalue weighted by Gasteiger charge is -2.13. The number of H-pyrrole nitrogens is 1. The van der Waals surface area contributed by atoms with Crippen LogP contribution in [0.2, 0.25) is 0 Å². The molecule has 0 saturated heterocycles. The van der Waals surface area contributed by atoms with Gasteiger partial charge in [-0.15, -0.1) is 0 Å². The van der Waals surface area contributed by atoms with Gasteiger partial charge in [0.05, 0.1) is 0 Å². The number of rotatable bonds is 7. The zero-order valence-corrected chi connectivity index (χ0v) is 14.6. The van der Waals surface area contributed by atoms with E-state index < -0.39 is 0 Å². The monoisotopic (exact) mass is 333 g/mol. The van der Waals surface area contributed by atoms with Gasteiger partial charge in [0.15, 0.2) is 4.77 Å². The lowest BCUT2D eigenvalue weighted by Crippen LogP contribution is -2.28. The number of nitrogens with one attached hydrogen (secondary N) is 2. The number of aromatic nitrogens is 3. The van der Waals surface area contributed by atoms with Crippen LogP contribution in [0.25, 0.3) is 0 Å². The first kappa shape index (κ1) is 17.2. The number of hydrogen-bond donors (Lipinski definition) is 2. The molecule has 0 aliphatic heterocycles. The van der Waals surface area contributed by atoms with Gasteiger partial charge in [-0.3, -0.25) is 14.5 Å². The Morgan fingerprint density at radius 1 is 1.35 bits per heavy atom. The molecule has 2 aromatic rings. The fraction of sp³-hybridized carbons (Fsp3) is 0.438. The summed E-state index contributed by atoms with van der Waals surface area (Å²) in [5.41, 5.74) is 2.20. The van der Waals surface area contributed by atoms with Crippen LogP contribution in [-0.2, 0) is 24.3 Å². The molecule has 6 nitrogen and oxygen atoms in total. The van der Waals surface area contributed by atoms with Gasteiger partial charge in [0.2, 0.25) is 5.91 Å². The van der Waals surface area contributed by atoms with Gasteiger partial charge in [0, 0.05) is 32.7 Å². The molecule has 0 aliphatic rings. The van der Waals surface area contributed by atoms with E-state index in [1.165, 1.54) is 0 Å². The molecule has 0 fully saturated rings. The molecule has 0 unspecified atom stereocenters. The van der Waals surface area contributed by atoms with Gasteiger partial charge in [-0.2, -0.15) is 5.10 Å². The van der Waals surface area contributed by atoms with E-state index in [1.54, 1.807) is 4.57 Å². The molecule has 2 rings (SSSR count). The van der Waals surface area contributed by atoms with Crippen molar-refractivity contribution in [3.8, 4) is 0 Å². The third-order valence-corrected chi connectivity index (χ3v) is 3.87. The highest BCUT2D eigenvalue weighted by Crippen LogP contribution is 2.12. The van der Waals surface area contributed by atoms with Crippen molar-refractivity contribution in [2.75, 3.05) is 19.0 Å². The zero-order valence-electron chi connectivity index (χ0n) is 13.8. The maximum Gasteiger partial charge on any atom is 0.240 e. The van der Waals surface area contributed by atoms with Crippen LogP contribution in [0.15, 0.2) is 24.3 Å². The van der Waals surface area contributed by atoms with Gasteiger partial charge < -0.3 is 10.2 Å². The Labute approximate surface area is 141 Å². The summed E-state index contributed by atoms with van der Waals surface area (Å²) in [7, 11) is 4.00. The topological polar surface area (TPSA) is 66.0 Å². The molecule has 0 spiro atoms. The average molecular weight is 333 g/mol. The number of nitrogens with zero attached hydrogens (tertiary/aromatic N) is 3. The maximum absolute atomic E-state index is 12.1. The number of carbonyl (C=O) groups is 1. The third kappa shape index (κ3) is 4.66. The molecule has 1 aromatic heterocycles. The predicted molar refractivity (Wildman–Crippen MR) is 94.0 cm³/mol. The number of anilines is 1. The molecule has 0 aliphatic carbocycles. The van der Waals surface area contributed by atoms with Crippen LogP contribution in [0.4, 0.5) is 5.69 Å². The minimum atomic E-state index is -0.0726. The first-order chi connectivity index (χ1) is 11.0. The van der Waals surface area contributed by atoms with Gasteiger partial charge in [0.25, 0.3) is 0 Å². The molecular weight excluding hydrogens is 310 g/mol. The van der Waals surface area contributed by atoms with Crippen molar-refractivity contribution in [3.63, 3.8) is 0 Å². The summed E-state index contributed by atoms with van der Waals surface area (Å²) >= 11 is 5.18. The highest BCUT2D eigenvalue weighted by Gasteiger charge is 2.09. The Morgan fingerprint density at radius 2 is 2.04 bits per heavy atom. The molecule has 1 amide bonds. The van der Waals surface area contributed by atoms with Crippen molar-refractivity contribution in [3.05, 3.63) is 40.4 Å². The molecule has 0 saturated carbocycles. The van der Waals surface area contributed by atoms with Crippen LogP contribution in [-0.4, -0.2) is 34.8 Å². The smallest absolute Gasteiger partial charge is 0.240 e. The molecule has 2 N–H and O–H groups in total. The highest BCUT2D eigenvalue weighted by atomic mass is 32.1. The van der Waals surface area contributed by atoms with E-state index in [9.17, 15) is 4.79 Å². The largest absolute Gasteiger partial charge is 0.378 e. The van der Waals surface area contributed by atoms with E-state index in [0.29, 0.717) is 11.3 Å². The quantitative estimate of drug-likeness (QED) is 0.763. The fourth-order valence-corrected chi connectivity index (χ4v) is 2.46. The van der Waals surface area contributed by atoms with Crippen LogP contribution < -0.4 is 10.2 Å². The standard InChI is InChI=1S/C16H23N5OS/c1-4-5-14-18-19-16(23)21(14)11-15(22)17-10-12-6-8-13(9-7-12)20(2)3/h6-9H,4-5,10-11H2,1-3H3,(H,17,22)(H,19,23). The summed E-state index contributed by atoms with van der Waals surface area (Å²) in [5, 5.41) is 9.83. The first-order valence-electron chi connectivity index (χ1n) is 7.68. The van der Waals surface area contributed by atoms with Gasteiger partial charge in [0.1, 0.15) is 12.4 Å². The van der Waals surface area contributed by atoms with Crippen molar-refractivity contribution in [1.82, 2.24) is 20.1 Å². The number of carbonyl (C=O) groups excluding carboxylic acids is 1. The maximum atomic E-state index is 12.1. The van der Waals surface area contributed by atoms with Gasteiger partial charge >= 0.3 is 0 Å². The Balaban J connectivity index is 1.93. The molecule has 0 atom stereocenters. The predicted octanol–water partition coefficient (Wildman–Crippen LogP) is 2.28. The molecular formula is C16H23N5OS. The molecule has 124 valence electrons. The molecule has 0 bridgehead atoms. The first-order valence-corrected chi connectivity index (χ1v) is 8.09. The molecule has 23 heavy (non-hydrogen) atoms. The Morgan fingerprint density at radius 3 is 2.65 bits per heavy atom. The summed E-state index contributed by atoms with van der Waals surface area (Å²) < 4.78 is 2.24. The van der Waals surface area contributed by atoms with Crippen molar-refractivity contribution in [2.45, 2.75) is 32.9 Å². The van der Waals surface area contributed by atoms with Crippen LogP contribution in [0, 0.1) is 4.77 Å². The second-order valence-corrected chi connectivity index (χ2v) is 6.01. The zero-order chi connectivity index (χ0) is 16.8. The van der Waals surface area contributed by atoms with Crippen LogP contribution in [0.3, 0.4) is 0 Å². The second-order valence-electron chi connectivity index (χ2n) is 5.62. The van der Waals surface area contributed by atoms with E-state index in [2.05, 4.69) is 22.4 Å². The molecule has 1 heterocycles. The third-order valence-electron chi connectivity index (χ3n) is 3.56. The Hall–Kier alpha value is -2.15. The average Bonchev–Trinajstić information content (AvgIpc) is 2.87. The molecule has 0 radical (unpaired) electrons. The van der Waals surface area contributed by atoms with E-state index >= 15 is 0 Å². The van der Waals surface area contributed by atoms with Crippen LogP contribution in [0.1, 0.15) is 24.7 Å². The van der Waals surface area contributed by atoms with Crippen LogP contribution >= 0.6 is 12.2 Å². The van der Waals surface area contributed by atoms with Crippen molar-refractivity contribution in [2.24, 2.45) is 0 Å². The Bertz CT molecular complexity index is 702. The fourth-order valence-electron chi connectivity index (χ4n) is 2.24. The number of aromatic amines is 1. The molecule has 1 aromatic carbocycles. The van der Waals surface area contributed by atoms with Gasteiger partial charge in [-0.1, -0.05) is 19.1 Å². The number of hydrogen-bond acceptors (Lipinski definition) is 4. The van der Waals surface area contributed by atoms with E-state index in [1.807, 2.05) is 43.3 Å². The summed E-state index contributed by atoms with van der Waals surface area (Å²) in [4.78, 5) is 14.2. The summed E-state index contributed by atoms with van der Waals surface area (Å²) in [5.74, 6) is 0.750. The SMILES string of the molecule is CCCc1n[nH]c(=S)n1CC(=O)NCc1ccc(N(C)C)cc1. The molecule has 7 heteroatoms. The number of benzene rings is 1. The van der Waals surface area contributed by atoms with Crippen molar-refractivity contribution < 1.29 is 4.79 Å². The summed E-state index contributed by atoms with van der Waals surface area (Å²) in [6.45, 7) is 2.76. The van der Waals surface area contributed by atoms with Gasteiger partial charge in [-0.25, -0.2) is 0 Å². The normalized spacial score (nSPS) is 10.6. The lowest BCUT2D eigenvalue weighted by molar-refractivity contribution is -0.121. The van der Waals surface area contributed by atoms with E-state index in [4.69, 9.17) is 12.2 Å². The number of amides is 1. The second kappa shape index (κ2) is 7.92. The van der Waals surface area contributed by atoms with E-state index in [-0.39, 0.29) is 12.5 Å². The van der Waals surface area contributed by atoms with Crippen molar-refractivity contribution in [1.29, 1.82) is 0 Å². The minimum absolute atomic E-state index is 0.0726. The summed E-state index contributed by atoms with van der Waals surface area (Å²) in [6.07, 6.45) is 1.76. The minimum Gasteiger partial charge on any atom is -0.378 e. The number of aryl methyl sites for hydroxylation is 1.